The lowest BCUT2D eigenvalue weighted by atomic mass is 10.1. The molecule has 24 heavy (non-hydrogen) atoms. The van der Waals surface area contributed by atoms with Crippen LogP contribution in [0.15, 0.2) is 36.4 Å². The van der Waals surface area contributed by atoms with Gasteiger partial charge in [0.1, 0.15) is 11.0 Å². The number of aromatic nitrogens is 2. The van der Waals surface area contributed by atoms with Crippen LogP contribution >= 0.6 is 11.6 Å². The molecule has 5 nitrogen and oxygen atoms in total. The van der Waals surface area contributed by atoms with Crippen molar-refractivity contribution >= 4 is 23.4 Å². The highest BCUT2D eigenvalue weighted by Gasteiger charge is 2.27. The van der Waals surface area contributed by atoms with Crippen molar-refractivity contribution in [3.63, 3.8) is 0 Å². The van der Waals surface area contributed by atoms with Crippen LogP contribution in [0.1, 0.15) is 25.3 Å². The zero-order chi connectivity index (χ0) is 16.9. The van der Waals surface area contributed by atoms with Gasteiger partial charge < -0.3 is 10.6 Å². The topological polar surface area (TPSA) is 58.3 Å². The normalized spacial score (nSPS) is 18.8. The van der Waals surface area contributed by atoms with Crippen LogP contribution in [0.25, 0.3) is 0 Å². The first-order chi connectivity index (χ1) is 11.7. The van der Waals surface area contributed by atoms with Crippen LogP contribution in [0.2, 0.25) is 5.15 Å². The summed E-state index contributed by atoms with van der Waals surface area (Å²) < 4.78 is 0. The second-order valence-corrected chi connectivity index (χ2v) is 6.64. The van der Waals surface area contributed by atoms with Crippen LogP contribution in [0.5, 0.6) is 0 Å². The maximum absolute atomic E-state index is 6.03. The fourth-order valence-electron chi connectivity index (χ4n) is 3.32. The van der Waals surface area contributed by atoms with Gasteiger partial charge in [0.25, 0.3) is 0 Å². The number of nitrogens with two attached hydrogens (primary N) is 1. The summed E-state index contributed by atoms with van der Waals surface area (Å²) in [5, 5.41) is 0.399. The minimum Gasteiger partial charge on any atom is -0.368 e. The van der Waals surface area contributed by atoms with Gasteiger partial charge in [-0.2, -0.15) is 4.98 Å². The molecule has 0 amide bonds. The Labute approximate surface area is 148 Å². The molecule has 2 heterocycles. The van der Waals surface area contributed by atoms with E-state index in [1.807, 2.05) is 0 Å². The molecule has 1 aliphatic rings. The first kappa shape index (κ1) is 17.0. The van der Waals surface area contributed by atoms with Crippen LogP contribution < -0.4 is 10.6 Å². The first-order valence-electron chi connectivity index (χ1n) is 8.48. The molecule has 2 N–H and O–H groups in total. The zero-order valence-corrected chi connectivity index (χ0v) is 14.8. The fraction of sp³-hybridized carbons (Fsp3) is 0.444. The summed E-state index contributed by atoms with van der Waals surface area (Å²) in [5.74, 6) is 1.06. The van der Waals surface area contributed by atoms with Gasteiger partial charge in [0.2, 0.25) is 5.95 Å². The van der Waals surface area contributed by atoms with E-state index < -0.39 is 0 Å². The van der Waals surface area contributed by atoms with E-state index in [9.17, 15) is 0 Å². The number of hydrogen-bond acceptors (Lipinski definition) is 5. The van der Waals surface area contributed by atoms with E-state index in [2.05, 4.69) is 57.0 Å². The number of benzene rings is 1. The molecule has 1 unspecified atom stereocenters. The summed E-state index contributed by atoms with van der Waals surface area (Å²) >= 11 is 6.03. The summed E-state index contributed by atoms with van der Waals surface area (Å²) in [6, 6.07) is 13.0. The summed E-state index contributed by atoms with van der Waals surface area (Å²) in [5.41, 5.74) is 7.11. The third-order valence-corrected chi connectivity index (χ3v) is 4.67. The smallest absolute Gasteiger partial charge is 0.223 e. The van der Waals surface area contributed by atoms with E-state index in [0.29, 0.717) is 11.2 Å². The summed E-state index contributed by atoms with van der Waals surface area (Å²) in [4.78, 5) is 13.1. The molecule has 0 radical (unpaired) electrons. The van der Waals surface area contributed by atoms with Crippen LogP contribution in [-0.2, 0) is 6.54 Å². The largest absolute Gasteiger partial charge is 0.368 e. The van der Waals surface area contributed by atoms with Crippen molar-refractivity contribution in [2.75, 3.05) is 30.3 Å². The number of hydrogen-bond donors (Lipinski definition) is 1. The van der Waals surface area contributed by atoms with Crippen molar-refractivity contribution in [3.8, 4) is 0 Å². The monoisotopic (exact) mass is 345 g/mol. The van der Waals surface area contributed by atoms with Crippen molar-refractivity contribution < 1.29 is 0 Å². The highest BCUT2D eigenvalue weighted by atomic mass is 35.5. The van der Waals surface area contributed by atoms with Crippen LogP contribution in [0.3, 0.4) is 0 Å². The average Bonchev–Trinajstić information content (AvgIpc) is 2.57. The molecule has 1 aromatic carbocycles. The van der Waals surface area contributed by atoms with E-state index in [1.54, 1.807) is 6.07 Å². The van der Waals surface area contributed by atoms with Crippen molar-refractivity contribution in [2.45, 2.75) is 32.4 Å². The molecule has 1 aliphatic heterocycles. The van der Waals surface area contributed by atoms with Gasteiger partial charge in [0, 0.05) is 38.3 Å². The van der Waals surface area contributed by atoms with Crippen molar-refractivity contribution in [1.82, 2.24) is 14.9 Å². The summed E-state index contributed by atoms with van der Waals surface area (Å²) in [6.45, 7) is 6.08. The van der Waals surface area contributed by atoms with Crippen molar-refractivity contribution in [2.24, 2.45) is 0 Å². The molecular weight excluding hydrogens is 322 g/mol. The molecule has 0 saturated carbocycles. The van der Waals surface area contributed by atoms with Gasteiger partial charge in [-0.15, -0.1) is 0 Å². The van der Waals surface area contributed by atoms with Gasteiger partial charge in [-0.05, 0) is 12.0 Å². The van der Waals surface area contributed by atoms with Crippen LogP contribution in [0, 0.1) is 0 Å². The van der Waals surface area contributed by atoms with Gasteiger partial charge in [-0.25, -0.2) is 4.98 Å². The molecule has 1 aromatic heterocycles. The minimum absolute atomic E-state index is 0.233. The van der Waals surface area contributed by atoms with Gasteiger partial charge in [0.05, 0.1) is 0 Å². The standard InChI is InChI=1S/C18H24ClN5/c1-2-6-15-13-24(17-11-16(19)21-18(20)22-17)10-9-23(15)12-14-7-4-3-5-8-14/h3-5,7-8,11,15H,2,6,9-10,12-13H2,1H3,(H2,20,21,22). The zero-order valence-electron chi connectivity index (χ0n) is 14.0. The van der Waals surface area contributed by atoms with E-state index >= 15 is 0 Å². The number of anilines is 2. The third kappa shape index (κ3) is 4.16. The highest BCUT2D eigenvalue weighted by Crippen LogP contribution is 2.23. The van der Waals surface area contributed by atoms with Gasteiger partial charge in [-0.1, -0.05) is 55.3 Å². The third-order valence-electron chi connectivity index (χ3n) is 4.48. The van der Waals surface area contributed by atoms with Crippen LogP contribution in [-0.4, -0.2) is 40.5 Å². The Morgan fingerprint density at radius 2 is 2.00 bits per heavy atom. The molecule has 0 aliphatic carbocycles. The number of nitrogen functional groups attached to an aromatic ring is 1. The highest BCUT2D eigenvalue weighted by molar-refractivity contribution is 6.29. The first-order valence-corrected chi connectivity index (χ1v) is 8.86. The number of halogens is 1. The predicted octanol–water partition coefficient (Wildman–Crippen LogP) is 3.20. The van der Waals surface area contributed by atoms with Gasteiger partial charge in [0.15, 0.2) is 0 Å². The Hall–Kier alpha value is -1.85. The molecule has 1 saturated heterocycles. The second kappa shape index (κ2) is 7.81. The second-order valence-electron chi connectivity index (χ2n) is 6.25. The van der Waals surface area contributed by atoms with Crippen molar-refractivity contribution in [1.29, 1.82) is 0 Å². The molecule has 1 atom stereocenters. The molecule has 1 fully saturated rings. The predicted molar refractivity (Wildman–Crippen MR) is 99.2 cm³/mol. The molecule has 6 heteroatoms. The molecule has 2 aromatic rings. The molecular formula is C18H24ClN5. The molecule has 0 bridgehead atoms. The fourth-order valence-corrected chi connectivity index (χ4v) is 3.50. The number of rotatable bonds is 5. The van der Waals surface area contributed by atoms with Gasteiger partial charge >= 0.3 is 0 Å². The summed E-state index contributed by atoms with van der Waals surface area (Å²) in [7, 11) is 0. The maximum Gasteiger partial charge on any atom is 0.223 e. The minimum atomic E-state index is 0.233. The quantitative estimate of drug-likeness (QED) is 0.843. The van der Waals surface area contributed by atoms with Gasteiger partial charge in [-0.3, -0.25) is 4.90 Å². The lowest BCUT2D eigenvalue weighted by Gasteiger charge is -2.42. The number of piperazine rings is 1. The molecule has 128 valence electrons. The lowest BCUT2D eigenvalue weighted by Crippen LogP contribution is -2.53. The van der Waals surface area contributed by atoms with E-state index in [4.69, 9.17) is 17.3 Å². The summed E-state index contributed by atoms with van der Waals surface area (Å²) in [6.07, 6.45) is 2.33. The molecule has 3 rings (SSSR count). The maximum atomic E-state index is 6.03. The van der Waals surface area contributed by atoms with Crippen LogP contribution in [0.4, 0.5) is 11.8 Å². The Balaban J connectivity index is 1.73. The van der Waals surface area contributed by atoms with E-state index in [0.717, 1.165) is 44.8 Å². The Morgan fingerprint density at radius 1 is 1.21 bits per heavy atom. The van der Waals surface area contributed by atoms with Crippen molar-refractivity contribution in [3.05, 3.63) is 47.1 Å². The van der Waals surface area contributed by atoms with E-state index in [-0.39, 0.29) is 5.95 Å². The SMILES string of the molecule is CCCC1CN(c2cc(Cl)nc(N)n2)CCN1Cc1ccccc1. The Kier molecular flexibility index (Phi) is 5.53. The average molecular weight is 346 g/mol. The Morgan fingerprint density at radius 3 is 2.71 bits per heavy atom. The number of nitrogens with zero attached hydrogens (tertiary/aromatic N) is 4. The Bertz CT molecular complexity index is 643. The van der Waals surface area contributed by atoms with E-state index in [1.165, 1.54) is 5.56 Å². The lowest BCUT2D eigenvalue weighted by molar-refractivity contribution is 0.158. The molecule has 0 spiro atoms.